The van der Waals surface area contributed by atoms with Crippen LogP contribution in [0.1, 0.15) is 27.4 Å². The molecule has 0 aromatic heterocycles. The van der Waals surface area contributed by atoms with Gasteiger partial charge in [0.15, 0.2) is 0 Å². The van der Waals surface area contributed by atoms with Crippen molar-refractivity contribution in [3.8, 4) is 11.1 Å². The molecule has 0 heterocycles. The number of carbonyl (C=O) groups is 3. The fourth-order valence-corrected chi connectivity index (χ4v) is 4.64. The van der Waals surface area contributed by atoms with Crippen LogP contribution in [0.4, 0.5) is 10.5 Å². The Balaban J connectivity index is 1.44. The Bertz CT molecular complexity index is 1230. The number of nitrogens with one attached hydrogen (secondary N) is 2. The summed E-state index contributed by atoms with van der Waals surface area (Å²) in [5.74, 6) is -1.97. The number of aromatic carboxylic acids is 1. The van der Waals surface area contributed by atoms with Gasteiger partial charge in [-0.15, -0.1) is 0 Å². The first kappa shape index (κ1) is 24.4. The minimum absolute atomic E-state index is 0.0837. The number of alkyl carbamates (subject to hydrolysis) is 1. The van der Waals surface area contributed by atoms with Gasteiger partial charge in [0.1, 0.15) is 12.6 Å². The number of para-hydroxylation sites is 1. The van der Waals surface area contributed by atoms with E-state index < -0.39 is 24.0 Å². The minimum atomic E-state index is -1.20. The maximum absolute atomic E-state index is 12.9. The molecular formula is C26H23BrN2O6. The smallest absolute Gasteiger partial charge is 0.407 e. The predicted molar refractivity (Wildman–Crippen MR) is 134 cm³/mol. The third kappa shape index (κ3) is 5.21. The number of carbonyl (C=O) groups excluding carboxylic acids is 2. The number of ether oxygens (including phenoxy) is 2. The third-order valence-corrected chi connectivity index (χ3v) is 6.44. The molecule has 4 rings (SSSR count). The molecule has 180 valence electrons. The lowest BCUT2D eigenvalue weighted by Crippen LogP contribution is -2.47. The van der Waals surface area contributed by atoms with E-state index in [1.165, 1.54) is 13.2 Å². The summed E-state index contributed by atoms with van der Waals surface area (Å²) in [4.78, 5) is 37.0. The van der Waals surface area contributed by atoms with Crippen molar-refractivity contribution in [2.45, 2.75) is 12.0 Å². The SMILES string of the molecule is COCC(NC(=O)OCC1c2ccccc2-c2ccccc21)C(=O)Nc1c(Br)cccc1C(=O)O. The van der Waals surface area contributed by atoms with Gasteiger partial charge in [0.05, 0.1) is 17.9 Å². The number of hydrogen-bond acceptors (Lipinski definition) is 5. The van der Waals surface area contributed by atoms with Crippen LogP contribution < -0.4 is 10.6 Å². The maximum atomic E-state index is 12.9. The van der Waals surface area contributed by atoms with Crippen molar-refractivity contribution in [1.29, 1.82) is 0 Å². The first-order valence-electron chi connectivity index (χ1n) is 10.8. The highest BCUT2D eigenvalue weighted by molar-refractivity contribution is 9.10. The molecule has 9 heteroatoms. The van der Waals surface area contributed by atoms with E-state index in [9.17, 15) is 19.5 Å². The highest BCUT2D eigenvalue weighted by Gasteiger charge is 2.30. The quantitative estimate of drug-likeness (QED) is 0.385. The van der Waals surface area contributed by atoms with E-state index in [1.54, 1.807) is 12.1 Å². The minimum Gasteiger partial charge on any atom is -0.478 e. The average Bonchev–Trinajstić information content (AvgIpc) is 3.17. The number of halogens is 1. The molecule has 1 unspecified atom stereocenters. The zero-order valence-electron chi connectivity index (χ0n) is 18.8. The average molecular weight is 539 g/mol. The second kappa shape index (κ2) is 10.7. The van der Waals surface area contributed by atoms with E-state index in [0.29, 0.717) is 4.47 Å². The molecule has 0 spiro atoms. The summed E-state index contributed by atoms with van der Waals surface area (Å²) < 4.78 is 11.0. The Morgan fingerprint density at radius 1 is 0.971 bits per heavy atom. The zero-order chi connectivity index (χ0) is 24.9. The molecule has 0 radical (unpaired) electrons. The Kier molecular flexibility index (Phi) is 7.48. The van der Waals surface area contributed by atoms with Crippen molar-refractivity contribution in [3.63, 3.8) is 0 Å². The van der Waals surface area contributed by atoms with Crippen LogP contribution in [0.25, 0.3) is 11.1 Å². The summed E-state index contributed by atoms with van der Waals surface area (Å²) in [5, 5.41) is 14.5. The summed E-state index contributed by atoms with van der Waals surface area (Å²) in [6, 6.07) is 19.4. The second-order valence-electron chi connectivity index (χ2n) is 7.93. The molecule has 1 atom stereocenters. The number of benzene rings is 3. The van der Waals surface area contributed by atoms with Crippen LogP contribution in [-0.4, -0.2) is 49.4 Å². The number of carboxylic acids is 1. The number of fused-ring (bicyclic) bond motifs is 3. The molecule has 3 N–H and O–H groups in total. The number of amides is 2. The lowest BCUT2D eigenvalue weighted by molar-refractivity contribution is -0.119. The van der Waals surface area contributed by atoms with Crippen molar-refractivity contribution >= 4 is 39.6 Å². The highest BCUT2D eigenvalue weighted by atomic mass is 79.9. The van der Waals surface area contributed by atoms with Gasteiger partial charge in [0, 0.05) is 17.5 Å². The lowest BCUT2D eigenvalue weighted by Gasteiger charge is -2.20. The van der Waals surface area contributed by atoms with Crippen LogP contribution in [0.2, 0.25) is 0 Å². The Labute approximate surface area is 210 Å². The molecule has 0 aliphatic heterocycles. The van der Waals surface area contributed by atoms with E-state index in [-0.39, 0.29) is 30.4 Å². The molecule has 8 nitrogen and oxygen atoms in total. The van der Waals surface area contributed by atoms with Crippen molar-refractivity contribution in [1.82, 2.24) is 5.32 Å². The number of methoxy groups -OCH3 is 1. The van der Waals surface area contributed by atoms with Crippen LogP contribution >= 0.6 is 15.9 Å². The van der Waals surface area contributed by atoms with Gasteiger partial charge < -0.3 is 25.2 Å². The number of carboxylic acid groups (broad SMARTS) is 1. The van der Waals surface area contributed by atoms with Gasteiger partial charge in [-0.2, -0.15) is 0 Å². The monoisotopic (exact) mass is 538 g/mol. The highest BCUT2D eigenvalue weighted by Crippen LogP contribution is 2.44. The van der Waals surface area contributed by atoms with Gasteiger partial charge >= 0.3 is 12.1 Å². The molecule has 1 aliphatic rings. The third-order valence-electron chi connectivity index (χ3n) is 5.78. The van der Waals surface area contributed by atoms with Crippen LogP contribution in [-0.2, 0) is 14.3 Å². The zero-order valence-corrected chi connectivity index (χ0v) is 20.4. The molecule has 3 aromatic carbocycles. The summed E-state index contributed by atoms with van der Waals surface area (Å²) in [5.41, 5.74) is 4.35. The van der Waals surface area contributed by atoms with Gasteiger partial charge in [-0.05, 0) is 50.3 Å². The van der Waals surface area contributed by atoms with Gasteiger partial charge in [-0.25, -0.2) is 9.59 Å². The normalized spacial score (nSPS) is 12.9. The maximum Gasteiger partial charge on any atom is 0.407 e. The largest absolute Gasteiger partial charge is 0.478 e. The molecule has 0 fully saturated rings. The Hall–Kier alpha value is -3.69. The van der Waals surface area contributed by atoms with Crippen LogP contribution in [0.15, 0.2) is 71.2 Å². The summed E-state index contributed by atoms with van der Waals surface area (Å²) in [6.07, 6.45) is -0.783. The first-order valence-corrected chi connectivity index (χ1v) is 11.6. The molecule has 0 saturated heterocycles. The topological polar surface area (TPSA) is 114 Å². The Morgan fingerprint density at radius 2 is 1.60 bits per heavy atom. The number of rotatable bonds is 8. The number of hydrogen-bond donors (Lipinski definition) is 3. The van der Waals surface area contributed by atoms with Crippen molar-refractivity contribution in [2.24, 2.45) is 0 Å². The van der Waals surface area contributed by atoms with Crippen molar-refractivity contribution < 1.29 is 29.0 Å². The van der Waals surface area contributed by atoms with Gasteiger partial charge in [0.25, 0.3) is 0 Å². The van der Waals surface area contributed by atoms with E-state index in [1.807, 2.05) is 48.5 Å². The summed E-state index contributed by atoms with van der Waals surface area (Å²) in [7, 11) is 1.39. The standard InChI is InChI=1S/C26H23BrN2O6/c1-34-14-22(24(30)29-23-19(25(31)32)11-6-12-21(23)27)28-26(33)35-13-20-17-9-4-2-7-15(17)16-8-3-5-10-18(16)20/h2-12,20,22H,13-14H2,1H3,(H,28,33)(H,29,30)(H,31,32). The van der Waals surface area contributed by atoms with Gasteiger partial charge in [-0.3, -0.25) is 4.79 Å². The number of anilines is 1. The summed E-state index contributed by atoms with van der Waals surface area (Å²) >= 11 is 3.25. The molecular weight excluding hydrogens is 516 g/mol. The van der Waals surface area contributed by atoms with Crippen molar-refractivity contribution in [3.05, 3.63) is 87.9 Å². The molecule has 3 aromatic rings. The van der Waals surface area contributed by atoms with Crippen LogP contribution in [0, 0.1) is 0 Å². The van der Waals surface area contributed by atoms with Crippen LogP contribution in [0.5, 0.6) is 0 Å². The second-order valence-corrected chi connectivity index (χ2v) is 8.79. The van der Waals surface area contributed by atoms with E-state index in [2.05, 4.69) is 26.6 Å². The van der Waals surface area contributed by atoms with Crippen molar-refractivity contribution in [2.75, 3.05) is 25.6 Å². The summed E-state index contributed by atoms with van der Waals surface area (Å²) in [6.45, 7) is -0.0442. The fourth-order valence-electron chi connectivity index (χ4n) is 4.17. The Morgan fingerprint density at radius 3 is 2.20 bits per heavy atom. The predicted octanol–water partition coefficient (Wildman–Crippen LogP) is 4.64. The van der Waals surface area contributed by atoms with Gasteiger partial charge in [-0.1, -0.05) is 54.6 Å². The van der Waals surface area contributed by atoms with E-state index in [0.717, 1.165) is 22.3 Å². The fraction of sp³-hybridized carbons (Fsp3) is 0.192. The first-order chi connectivity index (χ1) is 16.9. The molecule has 35 heavy (non-hydrogen) atoms. The van der Waals surface area contributed by atoms with Crippen LogP contribution in [0.3, 0.4) is 0 Å². The molecule has 0 bridgehead atoms. The lowest BCUT2D eigenvalue weighted by atomic mass is 9.98. The molecule has 0 saturated carbocycles. The van der Waals surface area contributed by atoms with E-state index in [4.69, 9.17) is 9.47 Å². The molecule has 2 amide bonds. The van der Waals surface area contributed by atoms with E-state index >= 15 is 0 Å². The van der Waals surface area contributed by atoms with Gasteiger partial charge in [0.2, 0.25) is 5.91 Å². The molecule has 1 aliphatic carbocycles.